The first-order valence-corrected chi connectivity index (χ1v) is 7.94. The lowest BCUT2D eigenvalue weighted by atomic mass is 10.0. The molecule has 0 spiro atoms. The third-order valence-electron chi connectivity index (χ3n) is 3.80. The van der Waals surface area contributed by atoms with Crippen LogP contribution in [0, 0.1) is 5.92 Å². The highest BCUT2D eigenvalue weighted by molar-refractivity contribution is 5.79. The van der Waals surface area contributed by atoms with E-state index in [-0.39, 0.29) is 0 Å². The lowest BCUT2D eigenvalue weighted by molar-refractivity contribution is 0.00752. The molecule has 2 N–H and O–H groups in total. The van der Waals surface area contributed by atoms with E-state index in [4.69, 9.17) is 9.47 Å². The highest BCUT2D eigenvalue weighted by atomic mass is 16.5. The summed E-state index contributed by atoms with van der Waals surface area (Å²) in [6.45, 7) is 10.8. The molecule has 1 aliphatic rings. The zero-order valence-corrected chi connectivity index (χ0v) is 14.0. The van der Waals surface area contributed by atoms with E-state index >= 15 is 0 Å². The van der Waals surface area contributed by atoms with Crippen molar-refractivity contribution in [3.05, 3.63) is 0 Å². The van der Waals surface area contributed by atoms with Gasteiger partial charge in [-0.2, -0.15) is 0 Å². The fourth-order valence-electron chi connectivity index (χ4n) is 2.54. The predicted octanol–water partition coefficient (Wildman–Crippen LogP) is 0.545. The van der Waals surface area contributed by atoms with Crippen LogP contribution in [0.3, 0.4) is 0 Å². The van der Waals surface area contributed by atoms with E-state index < -0.39 is 0 Å². The molecule has 0 aromatic rings. The summed E-state index contributed by atoms with van der Waals surface area (Å²) in [7, 11) is 3.54. The van der Waals surface area contributed by atoms with Crippen LogP contribution in [0.25, 0.3) is 0 Å². The SMILES string of the molecule is CN=C(NCCCOC)NCC(C(C)C)N1CCOCC1. The molecule has 1 unspecified atom stereocenters. The second-order valence-electron chi connectivity index (χ2n) is 5.69. The number of morpholine rings is 1. The maximum absolute atomic E-state index is 5.44. The first-order chi connectivity index (χ1) is 10.2. The molecule has 0 radical (unpaired) electrons. The Morgan fingerprint density at radius 3 is 2.57 bits per heavy atom. The van der Waals surface area contributed by atoms with E-state index in [0.717, 1.165) is 58.4 Å². The number of rotatable bonds is 8. The summed E-state index contributed by atoms with van der Waals surface area (Å²) in [4.78, 5) is 6.79. The van der Waals surface area contributed by atoms with Crippen molar-refractivity contribution in [2.45, 2.75) is 26.3 Å². The fourth-order valence-corrected chi connectivity index (χ4v) is 2.54. The molecule has 0 amide bonds. The summed E-state index contributed by atoms with van der Waals surface area (Å²) in [5, 5.41) is 6.76. The number of nitrogens with one attached hydrogen (secondary N) is 2. The number of methoxy groups -OCH3 is 1. The van der Waals surface area contributed by atoms with E-state index in [1.54, 1.807) is 7.11 Å². The van der Waals surface area contributed by atoms with Gasteiger partial charge in [0.1, 0.15) is 0 Å². The summed E-state index contributed by atoms with van der Waals surface area (Å²) in [5.74, 6) is 1.47. The maximum Gasteiger partial charge on any atom is 0.191 e. The third-order valence-corrected chi connectivity index (χ3v) is 3.80. The van der Waals surface area contributed by atoms with E-state index in [2.05, 4.69) is 34.4 Å². The van der Waals surface area contributed by atoms with E-state index in [1.807, 2.05) is 7.05 Å². The van der Waals surface area contributed by atoms with E-state index in [0.29, 0.717) is 12.0 Å². The molecular weight excluding hydrogens is 268 g/mol. The van der Waals surface area contributed by atoms with Crippen LogP contribution >= 0.6 is 0 Å². The largest absolute Gasteiger partial charge is 0.385 e. The molecule has 1 aliphatic heterocycles. The van der Waals surface area contributed by atoms with Crippen molar-refractivity contribution in [2.24, 2.45) is 10.9 Å². The standard InChI is InChI=1S/C15H32N4O2/c1-13(2)14(19-7-10-21-11-8-19)12-18-15(16-3)17-6-5-9-20-4/h13-14H,5-12H2,1-4H3,(H2,16,17,18). The topological polar surface area (TPSA) is 58.1 Å². The van der Waals surface area contributed by atoms with Crippen molar-refractivity contribution >= 4 is 5.96 Å². The van der Waals surface area contributed by atoms with Crippen LogP contribution in [0.4, 0.5) is 0 Å². The van der Waals surface area contributed by atoms with Crippen molar-refractivity contribution < 1.29 is 9.47 Å². The van der Waals surface area contributed by atoms with Gasteiger partial charge >= 0.3 is 0 Å². The van der Waals surface area contributed by atoms with Gasteiger partial charge in [0, 0.05) is 53.0 Å². The molecule has 1 fully saturated rings. The second kappa shape index (κ2) is 10.8. The number of hydrogen-bond acceptors (Lipinski definition) is 4. The van der Waals surface area contributed by atoms with Crippen molar-refractivity contribution in [2.75, 3.05) is 60.2 Å². The Bertz CT molecular complexity index is 291. The molecule has 124 valence electrons. The third kappa shape index (κ3) is 7.11. The van der Waals surface area contributed by atoms with Crippen LogP contribution in [0.5, 0.6) is 0 Å². The molecule has 0 aromatic heterocycles. The number of hydrogen-bond donors (Lipinski definition) is 2. The Kier molecular flexibility index (Phi) is 9.37. The second-order valence-corrected chi connectivity index (χ2v) is 5.69. The van der Waals surface area contributed by atoms with Crippen LogP contribution in [0.1, 0.15) is 20.3 Å². The Balaban J connectivity index is 2.36. The minimum Gasteiger partial charge on any atom is -0.385 e. The highest BCUT2D eigenvalue weighted by Gasteiger charge is 2.23. The molecule has 6 nitrogen and oxygen atoms in total. The van der Waals surface area contributed by atoms with E-state index in [1.165, 1.54) is 0 Å². The predicted molar refractivity (Wildman–Crippen MR) is 86.9 cm³/mol. The molecule has 1 heterocycles. The first-order valence-electron chi connectivity index (χ1n) is 7.94. The van der Waals surface area contributed by atoms with Gasteiger partial charge in [0.2, 0.25) is 0 Å². The Morgan fingerprint density at radius 1 is 1.29 bits per heavy atom. The maximum atomic E-state index is 5.44. The zero-order valence-electron chi connectivity index (χ0n) is 14.0. The average Bonchev–Trinajstić information content (AvgIpc) is 2.50. The van der Waals surface area contributed by atoms with Crippen LogP contribution in [0.2, 0.25) is 0 Å². The Morgan fingerprint density at radius 2 is 2.00 bits per heavy atom. The smallest absolute Gasteiger partial charge is 0.191 e. The van der Waals surface area contributed by atoms with Gasteiger partial charge in [-0.3, -0.25) is 9.89 Å². The van der Waals surface area contributed by atoms with Gasteiger partial charge in [0.15, 0.2) is 5.96 Å². The van der Waals surface area contributed by atoms with Crippen molar-refractivity contribution in [3.8, 4) is 0 Å². The molecule has 0 bridgehead atoms. The lowest BCUT2D eigenvalue weighted by Gasteiger charge is -2.37. The number of aliphatic imine (C=N–C) groups is 1. The molecule has 1 rings (SSSR count). The van der Waals surface area contributed by atoms with Crippen molar-refractivity contribution in [3.63, 3.8) is 0 Å². The van der Waals surface area contributed by atoms with E-state index in [9.17, 15) is 0 Å². The van der Waals surface area contributed by atoms with Crippen LogP contribution < -0.4 is 10.6 Å². The summed E-state index contributed by atoms with van der Waals surface area (Å²) in [6, 6.07) is 0.506. The number of guanidine groups is 1. The first kappa shape index (κ1) is 18.2. The lowest BCUT2D eigenvalue weighted by Crippen LogP contribution is -2.52. The van der Waals surface area contributed by atoms with Gasteiger partial charge in [-0.1, -0.05) is 13.8 Å². The molecular formula is C15H32N4O2. The summed E-state index contributed by atoms with van der Waals surface area (Å²) in [5.41, 5.74) is 0. The molecule has 21 heavy (non-hydrogen) atoms. The molecule has 1 atom stereocenters. The zero-order chi connectivity index (χ0) is 15.5. The Hall–Kier alpha value is -0.850. The normalized spacial score (nSPS) is 18.8. The van der Waals surface area contributed by atoms with Gasteiger partial charge in [0.05, 0.1) is 13.2 Å². The summed E-state index contributed by atoms with van der Waals surface area (Å²) < 4.78 is 10.5. The quantitative estimate of drug-likeness (QED) is 0.389. The fraction of sp³-hybridized carbons (Fsp3) is 0.933. The van der Waals surface area contributed by atoms with Crippen molar-refractivity contribution in [1.82, 2.24) is 15.5 Å². The minimum atomic E-state index is 0.506. The molecule has 0 aliphatic carbocycles. The molecule has 1 saturated heterocycles. The van der Waals surface area contributed by atoms with Gasteiger partial charge in [-0.05, 0) is 12.3 Å². The van der Waals surface area contributed by atoms with Crippen molar-refractivity contribution in [1.29, 1.82) is 0 Å². The van der Waals surface area contributed by atoms with Gasteiger partial charge in [-0.15, -0.1) is 0 Å². The molecule has 0 aromatic carbocycles. The summed E-state index contributed by atoms with van der Waals surface area (Å²) >= 11 is 0. The molecule has 0 saturated carbocycles. The Labute approximate surface area is 129 Å². The number of ether oxygens (including phenoxy) is 2. The van der Waals surface area contributed by atoms with Gasteiger partial charge < -0.3 is 20.1 Å². The van der Waals surface area contributed by atoms with Crippen LogP contribution in [-0.2, 0) is 9.47 Å². The van der Waals surface area contributed by atoms with Gasteiger partial charge in [-0.25, -0.2) is 0 Å². The van der Waals surface area contributed by atoms with Gasteiger partial charge in [0.25, 0.3) is 0 Å². The minimum absolute atomic E-state index is 0.506. The van der Waals surface area contributed by atoms with Crippen LogP contribution in [0.15, 0.2) is 4.99 Å². The molecule has 6 heteroatoms. The monoisotopic (exact) mass is 300 g/mol. The average molecular weight is 300 g/mol. The highest BCUT2D eigenvalue weighted by Crippen LogP contribution is 2.12. The summed E-state index contributed by atoms with van der Waals surface area (Å²) in [6.07, 6.45) is 0.980. The van der Waals surface area contributed by atoms with Crippen LogP contribution in [-0.4, -0.2) is 77.1 Å². The number of nitrogens with zero attached hydrogens (tertiary/aromatic N) is 2.